The van der Waals surface area contributed by atoms with Crippen molar-refractivity contribution in [3.63, 3.8) is 0 Å². The van der Waals surface area contributed by atoms with E-state index in [9.17, 15) is 14.7 Å². The number of carbonyl (C=O) groups is 2. The monoisotopic (exact) mass is 361 g/mol. The molecule has 0 spiro atoms. The zero-order valence-electron chi connectivity index (χ0n) is 15.8. The van der Waals surface area contributed by atoms with E-state index in [2.05, 4.69) is 4.74 Å². The second kappa shape index (κ2) is 7.91. The van der Waals surface area contributed by atoms with Crippen LogP contribution in [0.5, 0.6) is 0 Å². The number of esters is 1. The minimum atomic E-state index is -0.969. The Morgan fingerprint density at radius 3 is 2.23 bits per heavy atom. The zero-order chi connectivity index (χ0) is 19.4. The van der Waals surface area contributed by atoms with Crippen molar-refractivity contribution in [2.75, 3.05) is 20.2 Å². The van der Waals surface area contributed by atoms with Gasteiger partial charge in [-0.25, -0.2) is 9.59 Å². The van der Waals surface area contributed by atoms with Crippen molar-refractivity contribution < 1.29 is 24.2 Å². The van der Waals surface area contributed by atoms with E-state index >= 15 is 0 Å². The van der Waals surface area contributed by atoms with Gasteiger partial charge in [0.2, 0.25) is 0 Å². The SMILES string of the molecule is COC(=O)C=Cc1ccc(C2(O)CCN(C(=O)OC(C)(C)C)CC2)cc1. The molecule has 2 rings (SSSR count). The molecular weight excluding hydrogens is 334 g/mol. The van der Waals surface area contributed by atoms with Gasteiger partial charge in [-0.3, -0.25) is 0 Å². The average molecular weight is 361 g/mol. The van der Waals surface area contributed by atoms with Gasteiger partial charge in [-0.2, -0.15) is 0 Å². The number of amides is 1. The molecular formula is C20H27NO5. The molecule has 0 saturated carbocycles. The number of aliphatic hydroxyl groups is 1. The summed E-state index contributed by atoms with van der Waals surface area (Å²) in [5.74, 6) is -0.415. The van der Waals surface area contributed by atoms with Crippen LogP contribution in [0, 0.1) is 0 Å². The maximum absolute atomic E-state index is 12.1. The lowest BCUT2D eigenvalue weighted by Crippen LogP contribution is -2.46. The molecule has 1 aliphatic heterocycles. The molecule has 1 saturated heterocycles. The molecule has 1 fully saturated rings. The first-order valence-electron chi connectivity index (χ1n) is 8.70. The number of carbonyl (C=O) groups excluding carboxylic acids is 2. The van der Waals surface area contributed by atoms with Gasteiger partial charge in [0.15, 0.2) is 0 Å². The normalized spacial score (nSPS) is 17.2. The van der Waals surface area contributed by atoms with Gasteiger partial charge in [-0.05, 0) is 50.8 Å². The van der Waals surface area contributed by atoms with E-state index in [1.807, 2.05) is 45.0 Å². The number of methoxy groups -OCH3 is 1. The molecule has 0 bridgehead atoms. The number of hydrogen-bond acceptors (Lipinski definition) is 5. The van der Waals surface area contributed by atoms with Crippen molar-refractivity contribution in [1.82, 2.24) is 4.90 Å². The Bertz CT molecular complexity index is 664. The number of rotatable bonds is 3. The smallest absolute Gasteiger partial charge is 0.410 e. The topological polar surface area (TPSA) is 76.1 Å². The predicted molar refractivity (Wildman–Crippen MR) is 98.4 cm³/mol. The molecule has 0 aromatic heterocycles. The Labute approximate surface area is 154 Å². The maximum Gasteiger partial charge on any atom is 0.410 e. The highest BCUT2D eigenvalue weighted by Crippen LogP contribution is 2.33. The molecule has 1 amide bonds. The lowest BCUT2D eigenvalue weighted by molar-refractivity contribution is -0.134. The van der Waals surface area contributed by atoms with Crippen LogP contribution in [0.2, 0.25) is 0 Å². The van der Waals surface area contributed by atoms with Crippen LogP contribution in [0.1, 0.15) is 44.7 Å². The Hall–Kier alpha value is -2.34. The van der Waals surface area contributed by atoms with Crippen LogP contribution < -0.4 is 0 Å². The minimum Gasteiger partial charge on any atom is -0.466 e. The van der Waals surface area contributed by atoms with Crippen LogP contribution in [0.4, 0.5) is 4.79 Å². The summed E-state index contributed by atoms with van der Waals surface area (Å²) in [6.07, 6.45) is 3.56. The molecule has 0 radical (unpaired) electrons. The molecule has 1 aromatic rings. The summed E-state index contributed by atoms with van der Waals surface area (Å²) >= 11 is 0. The number of hydrogen-bond donors (Lipinski definition) is 1. The quantitative estimate of drug-likeness (QED) is 0.661. The van der Waals surface area contributed by atoms with Crippen LogP contribution in [-0.2, 0) is 19.9 Å². The van der Waals surface area contributed by atoms with Crippen LogP contribution in [0.3, 0.4) is 0 Å². The molecule has 1 N–H and O–H groups in total. The molecule has 0 aliphatic carbocycles. The number of piperidine rings is 1. The average Bonchev–Trinajstić information content (AvgIpc) is 2.59. The second-order valence-electron chi connectivity index (χ2n) is 7.48. The Morgan fingerprint density at radius 2 is 1.73 bits per heavy atom. The van der Waals surface area contributed by atoms with Crippen LogP contribution >= 0.6 is 0 Å². The lowest BCUT2D eigenvalue weighted by Gasteiger charge is -2.39. The van der Waals surface area contributed by atoms with Crippen molar-refractivity contribution in [1.29, 1.82) is 0 Å². The number of ether oxygens (including phenoxy) is 2. The molecule has 6 nitrogen and oxygen atoms in total. The van der Waals surface area contributed by atoms with Crippen LogP contribution in [0.25, 0.3) is 6.08 Å². The van der Waals surface area contributed by atoms with Gasteiger partial charge in [-0.1, -0.05) is 24.3 Å². The van der Waals surface area contributed by atoms with E-state index in [-0.39, 0.29) is 6.09 Å². The Morgan fingerprint density at radius 1 is 1.15 bits per heavy atom. The Balaban J connectivity index is 1.99. The highest BCUT2D eigenvalue weighted by molar-refractivity contribution is 5.86. The first-order valence-corrected chi connectivity index (χ1v) is 8.70. The van der Waals surface area contributed by atoms with Crippen LogP contribution in [-0.4, -0.2) is 47.9 Å². The van der Waals surface area contributed by atoms with Crippen molar-refractivity contribution in [3.05, 3.63) is 41.5 Å². The largest absolute Gasteiger partial charge is 0.466 e. The third-order valence-corrected chi connectivity index (χ3v) is 4.30. The second-order valence-corrected chi connectivity index (χ2v) is 7.48. The zero-order valence-corrected chi connectivity index (χ0v) is 15.8. The van der Waals surface area contributed by atoms with Gasteiger partial charge in [0.05, 0.1) is 12.7 Å². The molecule has 1 heterocycles. The van der Waals surface area contributed by atoms with Crippen LogP contribution in [0.15, 0.2) is 30.3 Å². The maximum atomic E-state index is 12.1. The summed E-state index contributed by atoms with van der Waals surface area (Å²) in [6, 6.07) is 7.38. The molecule has 0 unspecified atom stereocenters. The summed E-state index contributed by atoms with van der Waals surface area (Å²) in [6.45, 7) is 6.38. The van der Waals surface area contributed by atoms with E-state index in [0.29, 0.717) is 25.9 Å². The Kier molecular flexibility index (Phi) is 6.08. The third kappa shape index (κ3) is 5.33. The number of nitrogens with zero attached hydrogens (tertiary/aromatic N) is 1. The molecule has 6 heteroatoms. The van der Waals surface area contributed by atoms with E-state index in [4.69, 9.17) is 4.74 Å². The molecule has 0 atom stereocenters. The summed E-state index contributed by atoms with van der Waals surface area (Å²) in [7, 11) is 1.33. The van der Waals surface area contributed by atoms with E-state index < -0.39 is 17.2 Å². The fourth-order valence-corrected chi connectivity index (χ4v) is 2.81. The van der Waals surface area contributed by atoms with Gasteiger partial charge >= 0.3 is 12.1 Å². The third-order valence-electron chi connectivity index (χ3n) is 4.30. The van der Waals surface area contributed by atoms with Crippen molar-refractivity contribution in [3.8, 4) is 0 Å². The van der Waals surface area contributed by atoms with Crippen molar-refractivity contribution in [2.24, 2.45) is 0 Å². The van der Waals surface area contributed by atoms with Gasteiger partial charge in [0.1, 0.15) is 5.60 Å². The summed E-state index contributed by atoms with van der Waals surface area (Å²) < 4.78 is 9.94. The summed E-state index contributed by atoms with van der Waals surface area (Å²) in [5.41, 5.74) is 0.145. The molecule has 1 aromatic carbocycles. The number of benzene rings is 1. The fraction of sp³-hybridized carbons (Fsp3) is 0.500. The highest BCUT2D eigenvalue weighted by atomic mass is 16.6. The number of likely N-dealkylation sites (tertiary alicyclic amines) is 1. The highest BCUT2D eigenvalue weighted by Gasteiger charge is 2.36. The van der Waals surface area contributed by atoms with Gasteiger partial charge in [-0.15, -0.1) is 0 Å². The standard InChI is InChI=1S/C20H27NO5/c1-19(2,3)26-18(23)21-13-11-20(24,12-14-21)16-8-5-15(6-9-16)7-10-17(22)25-4/h5-10,24H,11-14H2,1-4H3. The molecule has 26 heavy (non-hydrogen) atoms. The van der Waals surface area contributed by atoms with E-state index in [0.717, 1.165) is 11.1 Å². The minimum absolute atomic E-state index is 0.345. The lowest BCUT2D eigenvalue weighted by atomic mass is 9.84. The van der Waals surface area contributed by atoms with E-state index in [1.54, 1.807) is 11.0 Å². The van der Waals surface area contributed by atoms with Crippen molar-refractivity contribution >= 4 is 18.1 Å². The van der Waals surface area contributed by atoms with Crippen molar-refractivity contribution in [2.45, 2.75) is 44.8 Å². The van der Waals surface area contributed by atoms with E-state index in [1.165, 1.54) is 13.2 Å². The first kappa shape index (κ1) is 20.0. The molecule has 142 valence electrons. The predicted octanol–water partition coefficient (Wildman–Crippen LogP) is 3.09. The summed E-state index contributed by atoms with van der Waals surface area (Å²) in [5, 5.41) is 11.0. The fourth-order valence-electron chi connectivity index (χ4n) is 2.81. The van der Waals surface area contributed by atoms with Gasteiger partial charge < -0.3 is 19.5 Å². The van der Waals surface area contributed by atoms with Gasteiger partial charge in [0.25, 0.3) is 0 Å². The summed E-state index contributed by atoms with van der Waals surface area (Å²) in [4.78, 5) is 24.9. The molecule has 1 aliphatic rings. The first-order chi connectivity index (χ1) is 12.1. The van der Waals surface area contributed by atoms with Gasteiger partial charge in [0, 0.05) is 19.2 Å².